The Hall–Kier alpha value is -1.35. The number of halogens is 6. The highest BCUT2D eigenvalue weighted by Crippen LogP contribution is 2.32. The lowest BCUT2D eigenvalue weighted by molar-refractivity contribution is -0.734. The summed E-state index contributed by atoms with van der Waals surface area (Å²) in [6.45, 7) is -1.83. The number of hydrogen-bond donors (Lipinski definition) is 2. The van der Waals surface area contributed by atoms with Crippen LogP contribution in [0.2, 0.25) is 0 Å². The van der Waals surface area contributed by atoms with Gasteiger partial charge in [0.2, 0.25) is 0 Å². The first-order chi connectivity index (χ1) is 9.66. The van der Waals surface area contributed by atoms with E-state index in [1.54, 1.807) is 0 Å². The van der Waals surface area contributed by atoms with Crippen LogP contribution in [0.3, 0.4) is 0 Å². The third-order valence-electron chi connectivity index (χ3n) is 2.26. The number of aromatic nitrogens is 2. The molecule has 0 aromatic carbocycles. The minimum atomic E-state index is -6.15. The van der Waals surface area contributed by atoms with Gasteiger partial charge in [-0.1, -0.05) is 0 Å². The number of aliphatic hydroxyl groups is 1. The van der Waals surface area contributed by atoms with Gasteiger partial charge in [-0.25, -0.2) is 26.4 Å². The van der Waals surface area contributed by atoms with Crippen LogP contribution in [0.15, 0.2) is 16.4 Å². The van der Waals surface area contributed by atoms with Gasteiger partial charge in [-0.05, 0) is 0 Å². The van der Waals surface area contributed by atoms with Gasteiger partial charge in [0.05, 0.1) is 6.61 Å². The third kappa shape index (κ3) is 3.05. The first-order valence-electron chi connectivity index (χ1n) is 5.02. The molecule has 0 aliphatic rings. The number of alkyl halides is 6. The van der Waals surface area contributed by atoms with Gasteiger partial charge in [0, 0.05) is 0 Å². The molecule has 0 unspecified atom stereocenters. The molecule has 0 fully saturated rings. The van der Waals surface area contributed by atoms with Crippen LogP contribution >= 0.6 is 0 Å². The molecule has 128 valence electrons. The summed E-state index contributed by atoms with van der Waals surface area (Å²) in [5.41, 5.74) is -11.7. The molecule has 1 heterocycles. The summed E-state index contributed by atoms with van der Waals surface area (Å²) in [5, 5.41) is 4.97. The fourth-order valence-electron chi connectivity index (χ4n) is 1.28. The fourth-order valence-corrected chi connectivity index (χ4v) is 3.00. The molecule has 2 N–H and O–H groups in total. The van der Waals surface area contributed by atoms with Gasteiger partial charge in [0.1, 0.15) is 6.54 Å². The number of nitrogens with zero attached hydrogens (tertiary/aromatic N) is 1. The third-order valence-corrected chi connectivity index (χ3v) is 5.11. The van der Waals surface area contributed by atoms with Gasteiger partial charge in [-0.3, -0.25) is 0 Å². The van der Waals surface area contributed by atoms with E-state index in [0.717, 1.165) is 4.98 Å². The van der Waals surface area contributed by atoms with Crippen LogP contribution in [0.4, 0.5) is 26.3 Å². The molecule has 22 heavy (non-hydrogen) atoms. The topological polar surface area (TPSA) is 108 Å². The van der Waals surface area contributed by atoms with Crippen LogP contribution in [0, 0.1) is 0 Å². The molecule has 1 aromatic rings. The average molecular weight is 377 g/mol. The highest BCUT2D eigenvalue weighted by molar-refractivity contribution is 7.92. The average Bonchev–Trinajstić information content (AvgIpc) is 2.71. The van der Waals surface area contributed by atoms with E-state index in [2.05, 4.69) is 0 Å². The van der Waals surface area contributed by atoms with Crippen molar-refractivity contribution < 1.29 is 52.9 Å². The molecule has 0 spiro atoms. The highest BCUT2D eigenvalue weighted by Gasteiger charge is 2.56. The zero-order valence-corrected chi connectivity index (χ0v) is 11.7. The molecule has 0 atom stereocenters. The highest BCUT2D eigenvalue weighted by atomic mass is 32.2. The van der Waals surface area contributed by atoms with Crippen molar-refractivity contribution in [1.29, 1.82) is 0 Å². The summed E-state index contributed by atoms with van der Waals surface area (Å²) in [4.78, 5) is 1.10. The quantitative estimate of drug-likeness (QED) is 0.562. The summed E-state index contributed by atoms with van der Waals surface area (Å²) in [6, 6.07) is 0. The molecule has 0 aliphatic heterocycles. The zero-order chi connectivity index (χ0) is 17.6. The van der Waals surface area contributed by atoms with Crippen molar-refractivity contribution in [2.45, 2.75) is 27.7 Å². The van der Waals surface area contributed by atoms with Gasteiger partial charge in [0.15, 0.2) is 6.20 Å². The lowest BCUT2D eigenvalue weighted by atomic mass is 10.7. The monoisotopic (exact) mass is 377 g/mol. The van der Waals surface area contributed by atoms with E-state index in [1.165, 1.54) is 0 Å². The summed E-state index contributed by atoms with van der Waals surface area (Å²) < 4.78 is 119. The lowest BCUT2D eigenvalue weighted by Crippen LogP contribution is -2.42. The van der Waals surface area contributed by atoms with Crippen LogP contribution in [0.5, 0.6) is 0 Å². The molecule has 0 aliphatic carbocycles. The molecule has 7 nitrogen and oxygen atoms in total. The van der Waals surface area contributed by atoms with E-state index in [-0.39, 0.29) is 10.8 Å². The summed E-state index contributed by atoms with van der Waals surface area (Å²) in [5.74, 6) is 0. The van der Waals surface area contributed by atoms with Crippen LogP contribution in [0.1, 0.15) is 0 Å². The van der Waals surface area contributed by atoms with Crippen molar-refractivity contribution in [3.05, 3.63) is 6.20 Å². The van der Waals surface area contributed by atoms with Gasteiger partial charge in [-0.2, -0.15) is 26.3 Å². The summed E-state index contributed by atoms with van der Waals surface area (Å²) >= 11 is 0. The Labute approximate surface area is 119 Å². The van der Waals surface area contributed by atoms with Gasteiger partial charge < -0.3 is 5.11 Å². The van der Waals surface area contributed by atoms with Crippen LogP contribution in [0.25, 0.3) is 0 Å². The second-order valence-corrected chi connectivity index (χ2v) is 7.50. The number of nitrogens with one attached hydrogen (secondary N) is 1. The van der Waals surface area contributed by atoms with Crippen molar-refractivity contribution in [2.24, 2.45) is 0 Å². The largest absolute Gasteiger partial charge is 0.509 e. The van der Waals surface area contributed by atoms with Crippen LogP contribution in [-0.2, 0) is 26.2 Å². The van der Waals surface area contributed by atoms with E-state index in [0.29, 0.717) is 0 Å². The number of aliphatic hydroxyl groups excluding tert-OH is 1. The Bertz CT molecular complexity index is 760. The first-order valence-corrected chi connectivity index (χ1v) is 7.99. The maximum Gasteiger partial charge on any atom is 0.509 e. The Morgan fingerprint density at radius 1 is 1.00 bits per heavy atom. The standard InChI is InChI=1S/C7H6F6N2O5S2/c8-6(9,10)21(17,18)4-3-15(1-2-16)5(14-4)22(19,20)7(11,12)13/h3,16H,1-2H2/p+1. The van der Waals surface area contributed by atoms with Crippen LogP contribution < -0.4 is 4.57 Å². The first kappa shape index (κ1) is 18.7. The summed E-state index contributed by atoms with van der Waals surface area (Å²) in [7, 11) is -12.2. The minimum absolute atomic E-state index is 0.0116. The number of imidazole rings is 1. The van der Waals surface area contributed by atoms with E-state index >= 15 is 0 Å². The zero-order valence-electron chi connectivity index (χ0n) is 10.1. The van der Waals surface area contributed by atoms with Crippen molar-refractivity contribution in [2.75, 3.05) is 6.61 Å². The van der Waals surface area contributed by atoms with E-state index in [1.807, 2.05) is 0 Å². The van der Waals surface area contributed by atoms with E-state index in [4.69, 9.17) is 5.11 Å². The SMILES string of the molecule is O=S(=O)(c1c[n+](CCO)c(S(=O)(=O)C(F)(F)F)[nH]1)C(F)(F)F. The molecule has 1 aromatic heterocycles. The minimum Gasteiger partial charge on any atom is -0.392 e. The smallest absolute Gasteiger partial charge is 0.392 e. The number of hydrogen-bond acceptors (Lipinski definition) is 5. The van der Waals surface area contributed by atoms with Crippen molar-refractivity contribution >= 4 is 19.7 Å². The maximum atomic E-state index is 12.4. The predicted octanol–water partition coefficient (Wildman–Crippen LogP) is -0.118. The number of rotatable bonds is 4. The summed E-state index contributed by atoms with van der Waals surface area (Å²) in [6.07, 6.45) is 0.0116. The maximum absolute atomic E-state index is 12.4. The molecule has 1 rings (SSSR count). The lowest BCUT2D eigenvalue weighted by Gasteiger charge is -2.04. The Morgan fingerprint density at radius 2 is 1.45 bits per heavy atom. The Balaban J connectivity index is 3.64. The van der Waals surface area contributed by atoms with Gasteiger partial charge >= 0.3 is 35.8 Å². The molecular weight excluding hydrogens is 370 g/mol. The van der Waals surface area contributed by atoms with E-state index < -0.39 is 54.0 Å². The normalized spacial score (nSPS) is 14.3. The molecule has 0 saturated carbocycles. The van der Waals surface area contributed by atoms with Crippen molar-refractivity contribution in [3.63, 3.8) is 0 Å². The molecule has 15 heteroatoms. The fraction of sp³-hybridized carbons (Fsp3) is 0.571. The molecule has 0 radical (unpaired) electrons. The predicted molar refractivity (Wildman–Crippen MR) is 54.6 cm³/mol. The molecular formula is C7H7F6N2O5S2+. The van der Waals surface area contributed by atoms with E-state index in [9.17, 15) is 43.2 Å². The molecule has 0 saturated heterocycles. The van der Waals surface area contributed by atoms with Crippen LogP contribution in [-0.4, -0.2) is 44.5 Å². The second-order valence-electron chi connectivity index (χ2n) is 3.74. The number of H-pyrrole nitrogens is 1. The van der Waals surface area contributed by atoms with Gasteiger partial charge in [-0.15, -0.1) is 0 Å². The van der Waals surface area contributed by atoms with Gasteiger partial charge in [0.25, 0.3) is 5.03 Å². The second kappa shape index (κ2) is 5.38. The van der Waals surface area contributed by atoms with Crippen molar-refractivity contribution in [3.8, 4) is 0 Å². The Morgan fingerprint density at radius 3 is 1.82 bits per heavy atom. The molecule has 0 bridgehead atoms. The number of sulfone groups is 2. The number of aromatic amines is 1. The molecule has 0 amide bonds. The van der Waals surface area contributed by atoms with Crippen molar-refractivity contribution in [1.82, 2.24) is 4.98 Å². The Kier molecular flexibility index (Phi) is 4.57.